The first kappa shape index (κ1) is 14.4. The average Bonchev–Trinajstić information content (AvgIpc) is 2.28. The molecule has 1 aliphatic rings. The molecule has 1 aliphatic carbocycles. The monoisotopic (exact) mass is 243 g/mol. The second-order valence-corrected chi connectivity index (χ2v) is 6.64. The molecule has 1 saturated carbocycles. The molecule has 96 valence electrons. The van der Waals surface area contributed by atoms with E-state index in [9.17, 15) is 0 Å². The van der Waals surface area contributed by atoms with Gasteiger partial charge in [-0.3, -0.25) is 0 Å². The highest BCUT2D eigenvalue weighted by Crippen LogP contribution is 2.30. The highest BCUT2D eigenvalue weighted by molar-refractivity contribution is 7.80. The van der Waals surface area contributed by atoms with Crippen LogP contribution >= 0.6 is 12.6 Å². The Morgan fingerprint density at radius 3 is 2.19 bits per heavy atom. The summed E-state index contributed by atoms with van der Waals surface area (Å²) >= 11 is 4.44. The van der Waals surface area contributed by atoms with Crippen LogP contribution in [0.4, 0.5) is 0 Å². The maximum absolute atomic E-state index is 4.44. The molecular formula is C14H29NS. The van der Waals surface area contributed by atoms with E-state index < -0.39 is 0 Å². The van der Waals surface area contributed by atoms with Gasteiger partial charge in [-0.05, 0) is 49.8 Å². The van der Waals surface area contributed by atoms with Gasteiger partial charge >= 0.3 is 0 Å². The summed E-state index contributed by atoms with van der Waals surface area (Å²) in [4.78, 5) is 2.57. The fourth-order valence-corrected chi connectivity index (χ4v) is 2.95. The van der Waals surface area contributed by atoms with E-state index in [2.05, 4.69) is 45.3 Å². The molecule has 0 bridgehead atoms. The number of thiol groups is 1. The first-order valence-corrected chi connectivity index (χ1v) is 7.43. The van der Waals surface area contributed by atoms with Crippen molar-refractivity contribution in [3.05, 3.63) is 0 Å². The minimum absolute atomic E-state index is 0.347. The van der Waals surface area contributed by atoms with Crippen LogP contribution in [-0.2, 0) is 0 Å². The SMILES string of the molecule is CCC1CCC(N(C)CC(C)(C)CS)CC1. The van der Waals surface area contributed by atoms with Crippen molar-refractivity contribution in [1.29, 1.82) is 0 Å². The lowest BCUT2D eigenvalue weighted by Crippen LogP contribution is -2.41. The molecule has 0 N–H and O–H groups in total. The molecule has 1 rings (SSSR count). The van der Waals surface area contributed by atoms with Gasteiger partial charge in [-0.2, -0.15) is 12.6 Å². The summed E-state index contributed by atoms with van der Waals surface area (Å²) in [5, 5.41) is 0. The number of rotatable bonds is 5. The van der Waals surface area contributed by atoms with Crippen LogP contribution in [0.1, 0.15) is 52.9 Å². The molecule has 0 spiro atoms. The smallest absolute Gasteiger partial charge is 0.00926 e. The van der Waals surface area contributed by atoms with E-state index in [1.54, 1.807) is 0 Å². The van der Waals surface area contributed by atoms with Gasteiger partial charge in [-0.1, -0.05) is 27.2 Å². The van der Waals surface area contributed by atoms with Crippen molar-refractivity contribution in [2.75, 3.05) is 19.3 Å². The molecule has 16 heavy (non-hydrogen) atoms. The van der Waals surface area contributed by atoms with E-state index in [1.165, 1.54) is 38.6 Å². The van der Waals surface area contributed by atoms with Crippen molar-refractivity contribution in [3.63, 3.8) is 0 Å². The Hall–Kier alpha value is 0.310. The second kappa shape index (κ2) is 6.30. The molecule has 0 aromatic rings. The molecule has 0 heterocycles. The van der Waals surface area contributed by atoms with Gasteiger partial charge in [-0.25, -0.2) is 0 Å². The van der Waals surface area contributed by atoms with Gasteiger partial charge in [0.25, 0.3) is 0 Å². The van der Waals surface area contributed by atoms with Crippen molar-refractivity contribution in [2.45, 2.75) is 58.9 Å². The van der Waals surface area contributed by atoms with E-state index in [4.69, 9.17) is 0 Å². The molecule has 1 nitrogen and oxygen atoms in total. The Balaban J connectivity index is 2.36. The second-order valence-electron chi connectivity index (χ2n) is 6.32. The standard InChI is InChI=1S/C14H29NS/c1-5-12-6-8-13(9-7-12)15(4)10-14(2,3)11-16/h12-13,16H,5-11H2,1-4H3. The highest BCUT2D eigenvalue weighted by atomic mass is 32.1. The number of hydrogen-bond donors (Lipinski definition) is 1. The Morgan fingerprint density at radius 2 is 1.75 bits per heavy atom. The van der Waals surface area contributed by atoms with Crippen LogP contribution < -0.4 is 0 Å². The van der Waals surface area contributed by atoms with Crippen LogP contribution in [0.15, 0.2) is 0 Å². The Morgan fingerprint density at radius 1 is 1.19 bits per heavy atom. The molecule has 1 fully saturated rings. The molecule has 0 unspecified atom stereocenters. The zero-order chi connectivity index (χ0) is 12.2. The van der Waals surface area contributed by atoms with Crippen molar-refractivity contribution in [3.8, 4) is 0 Å². The quantitative estimate of drug-likeness (QED) is 0.718. The Kier molecular flexibility index (Phi) is 5.66. The van der Waals surface area contributed by atoms with E-state index in [0.717, 1.165) is 17.7 Å². The highest BCUT2D eigenvalue weighted by Gasteiger charge is 2.26. The maximum atomic E-state index is 4.44. The summed E-state index contributed by atoms with van der Waals surface area (Å²) in [6, 6.07) is 0.821. The fourth-order valence-electron chi connectivity index (χ4n) is 2.85. The van der Waals surface area contributed by atoms with Crippen molar-refractivity contribution in [1.82, 2.24) is 4.90 Å². The molecular weight excluding hydrogens is 214 g/mol. The number of hydrogen-bond acceptors (Lipinski definition) is 2. The largest absolute Gasteiger partial charge is 0.303 e. The molecule has 0 aromatic heterocycles. The predicted octanol–water partition coefficient (Wildman–Crippen LogP) is 3.84. The molecule has 2 heteroatoms. The third-order valence-electron chi connectivity index (χ3n) is 4.12. The van der Waals surface area contributed by atoms with Crippen LogP contribution in [0.3, 0.4) is 0 Å². The third-order valence-corrected chi connectivity index (χ3v) is 4.98. The van der Waals surface area contributed by atoms with Gasteiger partial charge in [0, 0.05) is 12.6 Å². The summed E-state index contributed by atoms with van der Waals surface area (Å²) in [6.07, 6.45) is 7.05. The molecule has 0 aromatic carbocycles. The lowest BCUT2D eigenvalue weighted by Gasteiger charge is -2.38. The summed E-state index contributed by atoms with van der Waals surface area (Å²) in [5.41, 5.74) is 0.347. The first-order chi connectivity index (χ1) is 7.48. The number of nitrogens with zero attached hydrogens (tertiary/aromatic N) is 1. The van der Waals surface area contributed by atoms with Crippen LogP contribution in [0.25, 0.3) is 0 Å². The normalized spacial score (nSPS) is 27.4. The average molecular weight is 243 g/mol. The summed E-state index contributed by atoms with van der Waals surface area (Å²) in [5.74, 6) is 1.98. The van der Waals surface area contributed by atoms with E-state index in [0.29, 0.717) is 5.41 Å². The maximum Gasteiger partial charge on any atom is 0.00926 e. The van der Waals surface area contributed by atoms with Crippen molar-refractivity contribution >= 4 is 12.6 Å². The Labute approximate surface area is 107 Å². The lowest BCUT2D eigenvalue weighted by atomic mass is 9.83. The van der Waals surface area contributed by atoms with Gasteiger partial charge in [0.15, 0.2) is 0 Å². The third kappa shape index (κ3) is 4.29. The van der Waals surface area contributed by atoms with E-state index in [1.807, 2.05) is 0 Å². The van der Waals surface area contributed by atoms with Crippen LogP contribution in [0.5, 0.6) is 0 Å². The molecule has 0 atom stereocenters. The van der Waals surface area contributed by atoms with Gasteiger partial charge in [0.05, 0.1) is 0 Å². The zero-order valence-corrected chi connectivity index (χ0v) is 12.4. The lowest BCUT2D eigenvalue weighted by molar-refractivity contribution is 0.126. The van der Waals surface area contributed by atoms with Gasteiger partial charge in [0.1, 0.15) is 0 Å². The fraction of sp³-hybridized carbons (Fsp3) is 1.00. The summed E-state index contributed by atoms with van der Waals surface area (Å²) in [6.45, 7) is 8.14. The molecule has 0 saturated heterocycles. The minimum atomic E-state index is 0.347. The molecule has 0 radical (unpaired) electrons. The minimum Gasteiger partial charge on any atom is -0.303 e. The van der Waals surface area contributed by atoms with Crippen molar-refractivity contribution in [2.24, 2.45) is 11.3 Å². The first-order valence-electron chi connectivity index (χ1n) is 6.79. The Bertz CT molecular complexity index is 195. The molecule has 0 amide bonds. The van der Waals surface area contributed by atoms with Gasteiger partial charge < -0.3 is 4.90 Å². The van der Waals surface area contributed by atoms with Crippen LogP contribution in [-0.4, -0.2) is 30.3 Å². The van der Waals surface area contributed by atoms with Crippen LogP contribution in [0.2, 0.25) is 0 Å². The van der Waals surface area contributed by atoms with Gasteiger partial charge in [0.2, 0.25) is 0 Å². The zero-order valence-electron chi connectivity index (χ0n) is 11.5. The van der Waals surface area contributed by atoms with Gasteiger partial charge in [-0.15, -0.1) is 0 Å². The molecule has 0 aliphatic heterocycles. The predicted molar refractivity (Wildman–Crippen MR) is 76.3 cm³/mol. The van der Waals surface area contributed by atoms with Crippen LogP contribution in [0, 0.1) is 11.3 Å². The summed E-state index contributed by atoms with van der Waals surface area (Å²) in [7, 11) is 2.29. The van der Waals surface area contributed by atoms with E-state index >= 15 is 0 Å². The van der Waals surface area contributed by atoms with Crippen molar-refractivity contribution < 1.29 is 0 Å². The topological polar surface area (TPSA) is 3.24 Å². The summed E-state index contributed by atoms with van der Waals surface area (Å²) < 4.78 is 0. The van der Waals surface area contributed by atoms with E-state index in [-0.39, 0.29) is 0 Å².